The van der Waals surface area contributed by atoms with E-state index in [1.165, 1.54) is 43.2 Å². The quantitative estimate of drug-likeness (QED) is 0.880. The van der Waals surface area contributed by atoms with Gasteiger partial charge in [0.25, 0.3) is 0 Å². The van der Waals surface area contributed by atoms with Crippen LogP contribution in [0.2, 0.25) is 0 Å². The van der Waals surface area contributed by atoms with Gasteiger partial charge in [-0.3, -0.25) is 5.10 Å². The Morgan fingerprint density at radius 2 is 1.85 bits per heavy atom. The summed E-state index contributed by atoms with van der Waals surface area (Å²) in [5.74, 6) is 2.51. The summed E-state index contributed by atoms with van der Waals surface area (Å²) < 4.78 is 0. The van der Waals surface area contributed by atoms with Crippen molar-refractivity contribution in [3.8, 4) is 11.4 Å². The molecule has 1 fully saturated rings. The van der Waals surface area contributed by atoms with Crippen LogP contribution in [0, 0.1) is 0 Å². The van der Waals surface area contributed by atoms with Crippen LogP contribution in [0.1, 0.15) is 55.0 Å². The Morgan fingerprint density at radius 1 is 1.00 bits per heavy atom. The molecule has 4 rings (SSSR count). The van der Waals surface area contributed by atoms with Crippen molar-refractivity contribution in [2.24, 2.45) is 0 Å². The molecular formula is C16H20N4. The molecule has 0 atom stereocenters. The monoisotopic (exact) mass is 268 g/mol. The Labute approximate surface area is 119 Å². The molecule has 0 saturated heterocycles. The molecule has 0 spiro atoms. The highest BCUT2D eigenvalue weighted by atomic mass is 15.2. The van der Waals surface area contributed by atoms with E-state index in [0.717, 1.165) is 30.3 Å². The second-order valence-corrected chi connectivity index (χ2v) is 5.97. The molecule has 0 amide bonds. The van der Waals surface area contributed by atoms with Crippen LogP contribution >= 0.6 is 0 Å². The number of hydrogen-bond donors (Lipinski definition) is 2. The second-order valence-electron chi connectivity index (χ2n) is 5.97. The molecule has 0 unspecified atom stereocenters. The standard InChI is InChI=1S/C16H20N4/c1-2-4-11(5-3-1)15-18-16(20-19-15)12-6-7-13-9-17-10-14(13)8-12/h6-8,11,17H,1-5,9-10H2,(H,18,19,20). The van der Waals surface area contributed by atoms with Gasteiger partial charge in [0.1, 0.15) is 5.82 Å². The first kappa shape index (κ1) is 12.1. The molecule has 104 valence electrons. The van der Waals surface area contributed by atoms with Gasteiger partial charge in [0.15, 0.2) is 5.82 Å². The van der Waals surface area contributed by atoms with Gasteiger partial charge in [0.2, 0.25) is 0 Å². The summed E-state index contributed by atoms with van der Waals surface area (Å²) in [6, 6.07) is 6.56. The van der Waals surface area contributed by atoms with Crippen LogP contribution in [0.25, 0.3) is 11.4 Å². The molecule has 2 N–H and O–H groups in total. The Balaban J connectivity index is 1.61. The lowest BCUT2D eigenvalue weighted by Gasteiger charge is -2.18. The minimum atomic E-state index is 0.584. The molecule has 2 aliphatic rings. The molecule has 2 aromatic rings. The second kappa shape index (κ2) is 5.02. The largest absolute Gasteiger partial charge is 0.309 e. The summed E-state index contributed by atoms with van der Waals surface area (Å²) in [6.07, 6.45) is 6.53. The molecule has 1 aliphatic carbocycles. The van der Waals surface area contributed by atoms with Crippen molar-refractivity contribution in [3.05, 3.63) is 35.2 Å². The zero-order valence-corrected chi connectivity index (χ0v) is 11.7. The molecule has 1 aromatic heterocycles. The third-order valence-electron chi connectivity index (χ3n) is 4.59. The first-order valence-corrected chi connectivity index (χ1v) is 7.65. The summed E-state index contributed by atoms with van der Waals surface area (Å²) >= 11 is 0. The predicted molar refractivity (Wildman–Crippen MR) is 78.2 cm³/mol. The lowest BCUT2D eigenvalue weighted by atomic mass is 9.89. The Hall–Kier alpha value is -1.68. The third kappa shape index (κ3) is 2.14. The van der Waals surface area contributed by atoms with Gasteiger partial charge in [-0.2, -0.15) is 5.10 Å². The van der Waals surface area contributed by atoms with Crippen LogP contribution in [0.5, 0.6) is 0 Å². The first-order valence-electron chi connectivity index (χ1n) is 7.65. The van der Waals surface area contributed by atoms with E-state index in [1.54, 1.807) is 0 Å². The number of H-pyrrole nitrogens is 1. The van der Waals surface area contributed by atoms with E-state index in [0.29, 0.717) is 5.92 Å². The van der Waals surface area contributed by atoms with Crippen LogP contribution in [0.15, 0.2) is 18.2 Å². The lowest BCUT2D eigenvalue weighted by molar-refractivity contribution is 0.429. The van der Waals surface area contributed by atoms with Gasteiger partial charge in [-0.1, -0.05) is 31.4 Å². The molecule has 4 nitrogen and oxygen atoms in total. The van der Waals surface area contributed by atoms with Crippen molar-refractivity contribution < 1.29 is 0 Å². The highest BCUT2D eigenvalue weighted by molar-refractivity contribution is 5.57. The van der Waals surface area contributed by atoms with Gasteiger partial charge in [0.05, 0.1) is 0 Å². The summed E-state index contributed by atoms with van der Waals surface area (Å²) in [5.41, 5.74) is 3.91. The fourth-order valence-electron chi connectivity index (χ4n) is 3.40. The molecular weight excluding hydrogens is 248 g/mol. The van der Waals surface area contributed by atoms with E-state index in [9.17, 15) is 0 Å². The molecule has 0 bridgehead atoms. The van der Waals surface area contributed by atoms with Crippen LogP contribution in [0.3, 0.4) is 0 Å². The van der Waals surface area contributed by atoms with Gasteiger partial charge in [-0.25, -0.2) is 4.98 Å². The summed E-state index contributed by atoms with van der Waals surface area (Å²) in [4.78, 5) is 4.74. The maximum Gasteiger partial charge on any atom is 0.181 e. The van der Waals surface area contributed by atoms with Gasteiger partial charge in [-0.15, -0.1) is 0 Å². The minimum Gasteiger partial charge on any atom is -0.309 e. The highest BCUT2D eigenvalue weighted by Crippen LogP contribution is 2.31. The SMILES string of the molecule is c1cc2c(cc1-c1n[nH]c(C3CCCCC3)n1)CNC2. The minimum absolute atomic E-state index is 0.584. The third-order valence-corrected chi connectivity index (χ3v) is 4.59. The van der Waals surface area contributed by atoms with Gasteiger partial charge in [-0.05, 0) is 30.0 Å². The molecule has 1 aromatic carbocycles. The van der Waals surface area contributed by atoms with E-state index < -0.39 is 0 Å². The number of nitrogens with zero attached hydrogens (tertiary/aromatic N) is 2. The van der Waals surface area contributed by atoms with E-state index in [-0.39, 0.29) is 0 Å². The smallest absolute Gasteiger partial charge is 0.181 e. The van der Waals surface area contributed by atoms with Crippen molar-refractivity contribution in [2.45, 2.75) is 51.1 Å². The highest BCUT2D eigenvalue weighted by Gasteiger charge is 2.20. The Kier molecular flexibility index (Phi) is 3.03. The maximum atomic E-state index is 4.74. The predicted octanol–water partition coefficient (Wildman–Crippen LogP) is 3.12. The molecule has 4 heteroatoms. The fraction of sp³-hybridized carbons (Fsp3) is 0.500. The van der Waals surface area contributed by atoms with Crippen molar-refractivity contribution in [1.29, 1.82) is 0 Å². The summed E-state index contributed by atoms with van der Waals surface area (Å²) in [6.45, 7) is 1.94. The Bertz CT molecular complexity index is 611. The van der Waals surface area contributed by atoms with Gasteiger partial charge in [0, 0.05) is 24.6 Å². The molecule has 20 heavy (non-hydrogen) atoms. The van der Waals surface area contributed by atoms with Gasteiger partial charge < -0.3 is 5.32 Å². The zero-order chi connectivity index (χ0) is 13.4. The fourth-order valence-corrected chi connectivity index (χ4v) is 3.40. The summed E-state index contributed by atoms with van der Waals surface area (Å²) in [7, 11) is 0. The van der Waals surface area contributed by atoms with Crippen LogP contribution in [0.4, 0.5) is 0 Å². The average molecular weight is 268 g/mol. The normalized spacial score (nSPS) is 19.2. The molecule has 2 heterocycles. The number of hydrogen-bond acceptors (Lipinski definition) is 3. The number of fused-ring (bicyclic) bond motifs is 1. The Morgan fingerprint density at radius 3 is 2.75 bits per heavy atom. The number of aromatic amines is 1. The molecule has 0 radical (unpaired) electrons. The van der Waals surface area contributed by atoms with Crippen molar-refractivity contribution >= 4 is 0 Å². The van der Waals surface area contributed by atoms with E-state index in [2.05, 4.69) is 33.7 Å². The number of nitrogens with one attached hydrogen (secondary N) is 2. The number of benzene rings is 1. The van der Waals surface area contributed by atoms with Crippen molar-refractivity contribution in [1.82, 2.24) is 20.5 Å². The van der Waals surface area contributed by atoms with E-state index in [4.69, 9.17) is 4.98 Å². The molecule has 1 saturated carbocycles. The lowest BCUT2D eigenvalue weighted by Crippen LogP contribution is -2.06. The number of rotatable bonds is 2. The van der Waals surface area contributed by atoms with Crippen molar-refractivity contribution in [3.63, 3.8) is 0 Å². The van der Waals surface area contributed by atoms with Crippen LogP contribution in [-0.4, -0.2) is 15.2 Å². The van der Waals surface area contributed by atoms with Crippen LogP contribution in [-0.2, 0) is 13.1 Å². The number of aromatic nitrogens is 3. The van der Waals surface area contributed by atoms with Crippen molar-refractivity contribution in [2.75, 3.05) is 0 Å². The topological polar surface area (TPSA) is 53.6 Å². The van der Waals surface area contributed by atoms with E-state index >= 15 is 0 Å². The zero-order valence-electron chi connectivity index (χ0n) is 11.7. The van der Waals surface area contributed by atoms with E-state index in [1.807, 2.05) is 0 Å². The first-order chi connectivity index (χ1) is 9.90. The maximum absolute atomic E-state index is 4.74. The summed E-state index contributed by atoms with van der Waals surface area (Å²) in [5, 5.41) is 11.0. The average Bonchev–Trinajstić information content (AvgIpc) is 3.16. The van der Waals surface area contributed by atoms with Crippen LogP contribution < -0.4 is 5.32 Å². The molecule has 1 aliphatic heterocycles. The van der Waals surface area contributed by atoms with Gasteiger partial charge >= 0.3 is 0 Å².